The van der Waals surface area contributed by atoms with Crippen LogP contribution in [0, 0.1) is 12.5 Å². The van der Waals surface area contributed by atoms with E-state index in [0.29, 0.717) is 0 Å². The molecule has 2 rings (SSSR count). The van der Waals surface area contributed by atoms with Gasteiger partial charge in [0.25, 0.3) is 0 Å². The second kappa shape index (κ2) is 4.05. The summed E-state index contributed by atoms with van der Waals surface area (Å²) in [6.45, 7) is 2.01. The Morgan fingerprint density at radius 2 is 1.80 bits per heavy atom. The van der Waals surface area contributed by atoms with E-state index in [1.165, 1.54) is 4.36 Å². The molecule has 0 saturated heterocycles. The van der Waals surface area contributed by atoms with E-state index in [0.717, 1.165) is 16.5 Å². The lowest BCUT2D eigenvalue weighted by Crippen LogP contribution is -2.36. The minimum Gasteiger partial charge on any atom is -0.0622 e. The molecule has 15 heavy (non-hydrogen) atoms. The van der Waals surface area contributed by atoms with E-state index in [-0.39, 0.29) is 0 Å². The Morgan fingerprint density at radius 3 is 2.47 bits per heavy atom. The Bertz CT molecular complexity index is 559. The third-order valence-electron chi connectivity index (χ3n) is 2.35. The van der Waals surface area contributed by atoms with Gasteiger partial charge in [-0.15, -0.1) is 0 Å². The largest absolute Gasteiger partial charge is 0.240 e. The number of nitrogens with zero attached hydrogens (tertiary/aromatic N) is 1. The molecule has 0 atom stereocenters. The van der Waals surface area contributed by atoms with Crippen molar-refractivity contribution in [3.8, 4) is 0 Å². The van der Waals surface area contributed by atoms with Crippen molar-refractivity contribution in [2.24, 2.45) is 0 Å². The van der Waals surface area contributed by atoms with Gasteiger partial charge in [-0.25, -0.2) is 0 Å². The Hall–Kier alpha value is -1.96. The number of hydrogen-bond donors (Lipinski definition) is 1. The number of aromatic nitrogens is 1. The van der Waals surface area contributed by atoms with Crippen LogP contribution in [0.1, 0.15) is 11.1 Å². The molecule has 0 unspecified atom stereocenters. The molecule has 0 radical (unpaired) electrons. The SMILES string of the molecule is Cc1ccc[n+](=N)c1=Cc1ccccc1. The summed E-state index contributed by atoms with van der Waals surface area (Å²) in [5.41, 5.74) is 9.97. The maximum absolute atomic E-state index is 7.75. The van der Waals surface area contributed by atoms with Crippen LogP contribution in [-0.4, -0.2) is 0 Å². The third kappa shape index (κ3) is 2.10. The Kier molecular flexibility index (Phi) is 2.59. The van der Waals surface area contributed by atoms with E-state index in [1.807, 2.05) is 55.5 Å². The normalized spacial score (nSPS) is 11.7. The van der Waals surface area contributed by atoms with Crippen molar-refractivity contribution in [1.82, 2.24) is 0 Å². The van der Waals surface area contributed by atoms with E-state index in [2.05, 4.69) is 0 Å². The molecule has 0 aliphatic carbocycles. The van der Waals surface area contributed by atoms with Crippen molar-refractivity contribution < 1.29 is 4.36 Å². The van der Waals surface area contributed by atoms with Crippen LogP contribution in [0.4, 0.5) is 0 Å². The summed E-state index contributed by atoms with van der Waals surface area (Å²) in [6, 6.07) is 13.9. The monoisotopic (exact) mass is 197 g/mol. The van der Waals surface area contributed by atoms with Crippen LogP contribution in [0.3, 0.4) is 0 Å². The van der Waals surface area contributed by atoms with Gasteiger partial charge in [-0.3, -0.25) is 0 Å². The molecule has 2 heteroatoms. The molecule has 1 N–H and O–H groups in total. The molecule has 0 aliphatic heterocycles. The zero-order valence-electron chi connectivity index (χ0n) is 8.64. The van der Waals surface area contributed by atoms with E-state index in [1.54, 1.807) is 6.20 Å². The fourth-order valence-electron chi connectivity index (χ4n) is 1.52. The lowest BCUT2D eigenvalue weighted by atomic mass is 10.2. The van der Waals surface area contributed by atoms with Crippen LogP contribution < -0.4 is 9.71 Å². The zero-order chi connectivity index (χ0) is 10.7. The van der Waals surface area contributed by atoms with Gasteiger partial charge in [0, 0.05) is 17.7 Å². The van der Waals surface area contributed by atoms with Crippen molar-refractivity contribution in [2.75, 3.05) is 0 Å². The van der Waals surface area contributed by atoms with Gasteiger partial charge in [0.05, 0.1) is 0 Å². The van der Waals surface area contributed by atoms with Crippen LogP contribution in [0.2, 0.25) is 0 Å². The average molecular weight is 197 g/mol. The van der Waals surface area contributed by atoms with Gasteiger partial charge in [-0.05, 0) is 24.1 Å². The maximum Gasteiger partial charge on any atom is 0.240 e. The molecule has 0 aliphatic rings. The van der Waals surface area contributed by atoms with Gasteiger partial charge in [0.1, 0.15) is 0 Å². The lowest BCUT2D eigenvalue weighted by molar-refractivity contribution is -0.586. The van der Waals surface area contributed by atoms with Gasteiger partial charge in [-0.2, -0.15) is 0 Å². The van der Waals surface area contributed by atoms with E-state index < -0.39 is 0 Å². The highest BCUT2D eigenvalue weighted by Crippen LogP contribution is 1.98. The number of pyridine rings is 1. The smallest absolute Gasteiger partial charge is 0.0622 e. The molecule has 0 bridgehead atoms. The van der Waals surface area contributed by atoms with Gasteiger partial charge in [-0.1, -0.05) is 34.7 Å². The van der Waals surface area contributed by atoms with Crippen molar-refractivity contribution in [3.63, 3.8) is 0 Å². The topological polar surface area (TPSA) is 29.8 Å². The van der Waals surface area contributed by atoms with Gasteiger partial charge >= 0.3 is 0 Å². The zero-order valence-corrected chi connectivity index (χ0v) is 8.64. The standard InChI is InChI=1S/C13H13N2/c1-11-6-5-9-15(14)13(11)10-12-7-3-2-4-8-12/h2-10,14H,1H3/q+1. The molecular weight excluding hydrogens is 184 g/mol. The number of aryl methyl sites for hydroxylation is 1. The predicted molar refractivity (Wildman–Crippen MR) is 59.1 cm³/mol. The Labute approximate surface area is 88.6 Å². The summed E-state index contributed by atoms with van der Waals surface area (Å²) in [6.07, 6.45) is 3.75. The second-order valence-corrected chi connectivity index (χ2v) is 3.50. The summed E-state index contributed by atoms with van der Waals surface area (Å²) in [5, 5.41) is 0.920. The number of benzene rings is 1. The van der Waals surface area contributed by atoms with Crippen LogP contribution in [0.15, 0.2) is 48.7 Å². The molecule has 2 nitrogen and oxygen atoms in total. The number of nitrogens with one attached hydrogen (secondary N) is 1. The lowest BCUT2D eigenvalue weighted by Gasteiger charge is -1.90. The highest BCUT2D eigenvalue weighted by molar-refractivity contribution is 5.47. The molecule has 74 valence electrons. The summed E-state index contributed by atoms with van der Waals surface area (Å²) >= 11 is 0. The summed E-state index contributed by atoms with van der Waals surface area (Å²) in [5.74, 6) is 0. The fraction of sp³-hybridized carbons (Fsp3) is 0.0769. The molecule has 1 aromatic heterocycles. The minimum atomic E-state index is 0.920. The molecule has 0 fully saturated rings. The van der Waals surface area contributed by atoms with Crippen molar-refractivity contribution in [1.29, 1.82) is 5.53 Å². The highest BCUT2D eigenvalue weighted by atomic mass is 15.0. The number of rotatable bonds is 1. The summed E-state index contributed by atoms with van der Waals surface area (Å²) in [7, 11) is 0. The first-order chi connectivity index (χ1) is 7.27. The van der Waals surface area contributed by atoms with E-state index >= 15 is 0 Å². The molecule has 1 aromatic carbocycles. The first-order valence-electron chi connectivity index (χ1n) is 4.90. The van der Waals surface area contributed by atoms with Crippen LogP contribution in [0.5, 0.6) is 0 Å². The summed E-state index contributed by atoms with van der Waals surface area (Å²) < 4.78 is 1.39. The van der Waals surface area contributed by atoms with Crippen LogP contribution >= 0.6 is 0 Å². The highest BCUT2D eigenvalue weighted by Gasteiger charge is 1.98. The second-order valence-electron chi connectivity index (χ2n) is 3.50. The van der Waals surface area contributed by atoms with Crippen molar-refractivity contribution >= 4 is 6.08 Å². The van der Waals surface area contributed by atoms with E-state index in [4.69, 9.17) is 5.53 Å². The Balaban J connectivity index is 2.65. The van der Waals surface area contributed by atoms with Gasteiger partial charge in [0.2, 0.25) is 11.5 Å². The third-order valence-corrected chi connectivity index (χ3v) is 2.35. The average Bonchev–Trinajstić information content (AvgIpc) is 2.25. The molecular formula is C13H13N2+. The van der Waals surface area contributed by atoms with Crippen molar-refractivity contribution in [3.05, 3.63) is 65.1 Å². The maximum atomic E-state index is 7.75. The first-order valence-corrected chi connectivity index (χ1v) is 4.90. The first kappa shape index (κ1) is 9.59. The van der Waals surface area contributed by atoms with Crippen LogP contribution in [-0.2, 0) is 0 Å². The van der Waals surface area contributed by atoms with Crippen LogP contribution in [0.25, 0.3) is 6.08 Å². The van der Waals surface area contributed by atoms with Crippen molar-refractivity contribution in [2.45, 2.75) is 6.92 Å². The fourth-order valence-corrected chi connectivity index (χ4v) is 1.52. The minimum absolute atomic E-state index is 0.920. The quantitative estimate of drug-likeness (QED) is 0.675. The molecule has 0 spiro atoms. The Morgan fingerprint density at radius 1 is 1.07 bits per heavy atom. The molecule has 2 aromatic rings. The predicted octanol–water partition coefficient (Wildman–Crippen LogP) is 1.72. The van der Waals surface area contributed by atoms with Gasteiger partial charge < -0.3 is 0 Å². The molecule has 0 amide bonds. The number of hydrogen-bond acceptors (Lipinski definition) is 1. The molecule has 0 saturated carbocycles. The molecule has 1 heterocycles. The van der Waals surface area contributed by atoms with E-state index in [9.17, 15) is 0 Å². The van der Waals surface area contributed by atoms with Gasteiger partial charge in [0.15, 0.2) is 0 Å². The summed E-state index contributed by atoms with van der Waals surface area (Å²) in [4.78, 5) is 0.